The van der Waals surface area contributed by atoms with Gasteiger partial charge in [-0.1, -0.05) is 55.7 Å². The third-order valence-electron chi connectivity index (χ3n) is 3.20. The molecule has 118 valence electrons. The van der Waals surface area contributed by atoms with E-state index in [-0.39, 0.29) is 17.7 Å². The number of hydrogen-bond donors (Lipinski definition) is 2. The fourth-order valence-corrected chi connectivity index (χ4v) is 2.13. The molecule has 6 heteroatoms. The Morgan fingerprint density at radius 3 is 2.68 bits per heavy atom. The zero-order valence-electron chi connectivity index (χ0n) is 12.8. The molecule has 1 aromatic heterocycles. The monoisotopic (exact) mass is 322 g/mol. The van der Waals surface area contributed by atoms with Crippen LogP contribution in [0.1, 0.15) is 48.7 Å². The summed E-state index contributed by atoms with van der Waals surface area (Å²) in [5, 5.41) is 16.9. The third-order valence-corrected chi connectivity index (χ3v) is 3.55. The number of hydrogen-bond acceptors (Lipinski definition) is 4. The van der Waals surface area contributed by atoms with E-state index in [1.165, 1.54) is 0 Å². The standard InChI is InChI=1S/C16H19ClN2O3/c1-16(2,3)14-8-12(19-22-14)15(21)18-9-13(20)10-6-4-5-7-11(10)17/h4-8,13,20H,9H2,1-3H3,(H,18,21)/t13-/m0/s1. The number of aliphatic hydroxyl groups excluding tert-OH is 1. The first-order valence-corrected chi connectivity index (χ1v) is 7.34. The van der Waals surface area contributed by atoms with Crippen LogP contribution in [0.2, 0.25) is 5.02 Å². The molecule has 5 nitrogen and oxygen atoms in total. The van der Waals surface area contributed by atoms with Crippen LogP contribution in [0.15, 0.2) is 34.9 Å². The second-order valence-corrected chi connectivity index (χ2v) is 6.48. The van der Waals surface area contributed by atoms with Crippen molar-refractivity contribution < 1.29 is 14.4 Å². The molecule has 1 amide bonds. The molecular weight excluding hydrogens is 304 g/mol. The van der Waals surface area contributed by atoms with Gasteiger partial charge in [-0.15, -0.1) is 0 Å². The summed E-state index contributed by atoms with van der Waals surface area (Å²) in [5.74, 6) is 0.231. The van der Waals surface area contributed by atoms with Gasteiger partial charge in [0.1, 0.15) is 5.76 Å². The Balaban J connectivity index is 1.98. The first kappa shape index (κ1) is 16.5. The Morgan fingerprint density at radius 2 is 2.09 bits per heavy atom. The summed E-state index contributed by atoms with van der Waals surface area (Å²) in [6.07, 6.45) is -0.883. The molecule has 0 radical (unpaired) electrons. The van der Waals surface area contributed by atoms with Crippen molar-refractivity contribution in [3.63, 3.8) is 0 Å². The van der Waals surface area contributed by atoms with Crippen LogP contribution >= 0.6 is 11.6 Å². The van der Waals surface area contributed by atoms with Crippen LogP contribution in [-0.2, 0) is 5.41 Å². The molecule has 0 aliphatic rings. The number of benzene rings is 1. The van der Waals surface area contributed by atoms with Crippen LogP contribution in [0.4, 0.5) is 0 Å². The fourth-order valence-electron chi connectivity index (χ4n) is 1.87. The van der Waals surface area contributed by atoms with Crippen molar-refractivity contribution in [2.75, 3.05) is 6.54 Å². The van der Waals surface area contributed by atoms with Crippen molar-refractivity contribution in [1.82, 2.24) is 10.5 Å². The van der Waals surface area contributed by atoms with Crippen molar-refractivity contribution in [1.29, 1.82) is 0 Å². The Hall–Kier alpha value is -1.85. The molecular formula is C16H19ClN2O3. The minimum Gasteiger partial charge on any atom is -0.387 e. The summed E-state index contributed by atoms with van der Waals surface area (Å²) in [6, 6.07) is 8.57. The van der Waals surface area contributed by atoms with E-state index < -0.39 is 12.0 Å². The smallest absolute Gasteiger partial charge is 0.273 e. The first-order chi connectivity index (χ1) is 10.3. The molecule has 0 saturated carbocycles. The predicted molar refractivity (Wildman–Crippen MR) is 83.9 cm³/mol. The number of amides is 1. The summed E-state index contributed by atoms with van der Waals surface area (Å²) in [4.78, 5) is 12.0. The van der Waals surface area contributed by atoms with E-state index in [1.54, 1.807) is 30.3 Å². The zero-order chi connectivity index (χ0) is 16.3. The topological polar surface area (TPSA) is 75.4 Å². The lowest BCUT2D eigenvalue weighted by atomic mass is 9.93. The number of carbonyl (C=O) groups is 1. The van der Waals surface area contributed by atoms with Gasteiger partial charge in [0.2, 0.25) is 0 Å². The van der Waals surface area contributed by atoms with Crippen molar-refractivity contribution in [2.24, 2.45) is 0 Å². The Morgan fingerprint density at radius 1 is 1.41 bits per heavy atom. The van der Waals surface area contributed by atoms with E-state index in [1.807, 2.05) is 20.8 Å². The Bertz CT molecular complexity index is 661. The van der Waals surface area contributed by atoms with Crippen LogP contribution in [0.5, 0.6) is 0 Å². The van der Waals surface area contributed by atoms with E-state index in [0.717, 1.165) is 0 Å². The van der Waals surface area contributed by atoms with Crippen LogP contribution in [0, 0.1) is 0 Å². The van der Waals surface area contributed by atoms with Gasteiger partial charge in [-0.05, 0) is 6.07 Å². The number of carbonyl (C=O) groups excluding carboxylic acids is 1. The third kappa shape index (κ3) is 3.87. The maximum Gasteiger partial charge on any atom is 0.273 e. The lowest BCUT2D eigenvalue weighted by molar-refractivity contribution is 0.0907. The van der Waals surface area contributed by atoms with Gasteiger partial charge >= 0.3 is 0 Å². The van der Waals surface area contributed by atoms with E-state index in [0.29, 0.717) is 16.3 Å². The molecule has 0 aliphatic carbocycles. The second kappa shape index (κ2) is 6.50. The second-order valence-electron chi connectivity index (χ2n) is 6.07. The van der Waals surface area contributed by atoms with Gasteiger partial charge in [-0.3, -0.25) is 4.79 Å². The van der Waals surface area contributed by atoms with E-state index in [2.05, 4.69) is 10.5 Å². The molecule has 1 heterocycles. The number of rotatable bonds is 4. The van der Waals surface area contributed by atoms with Gasteiger partial charge in [0, 0.05) is 28.6 Å². The average Bonchev–Trinajstić information content (AvgIpc) is 2.95. The van der Waals surface area contributed by atoms with Crippen molar-refractivity contribution in [3.8, 4) is 0 Å². The summed E-state index contributed by atoms with van der Waals surface area (Å²) < 4.78 is 5.17. The Kier molecular flexibility index (Phi) is 4.88. The highest BCUT2D eigenvalue weighted by molar-refractivity contribution is 6.31. The largest absolute Gasteiger partial charge is 0.387 e. The van der Waals surface area contributed by atoms with Crippen molar-refractivity contribution >= 4 is 17.5 Å². The lowest BCUT2D eigenvalue weighted by Gasteiger charge is -2.13. The van der Waals surface area contributed by atoms with Gasteiger partial charge in [0.15, 0.2) is 5.69 Å². The summed E-state index contributed by atoms with van der Waals surface area (Å²) in [7, 11) is 0. The molecule has 0 aliphatic heterocycles. The van der Waals surface area contributed by atoms with Gasteiger partial charge in [-0.2, -0.15) is 0 Å². The van der Waals surface area contributed by atoms with Crippen LogP contribution in [0.25, 0.3) is 0 Å². The average molecular weight is 323 g/mol. The first-order valence-electron chi connectivity index (χ1n) is 6.97. The van der Waals surface area contributed by atoms with Crippen LogP contribution in [-0.4, -0.2) is 22.7 Å². The van der Waals surface area contributed by atoms with Gasteiger partial charge in [0.05, 0.1) is 6.10 Å². The van der Waals surface area contributed by atoms with Crippen molar-refractivity contribution in [3.05, 3.63) is 52.4 Å². The van der Waals surface area contributed by atoms with E-state index in [9.17, 15) is 9.90 Å². The molecule has 2 rings (SSSR count). The summed E-state index contributed by atoms with van der Waals surface area (Å²) in [5.41, 5.74) is 0.541. The van der Waals surface area contributed by atoms with Gasteiger partial charge in [-0.25, -0.2) is 0 Å². The highest BCUT2D eigenvalue weighted by atomic mass is 35.5. The molecule has 22 heavy (non-hydrogen) atoms. The maximum atomic E-state index is 12.0. The number of nitrogens with one attached hydrogen (secondary N) is 1. The molecule has 1 atom stereocenters. The molecule has 2 aromatic rings. The van der Waals surface area contributed by atoms with E-state index >= 15 is 0 Å². The lowest BCUT2D eigenvalue weighted by Crippen LogP contribution is -2.28. The highest BCUT2D eigenvalue weighted by Gasteiger charge is 2.22. The summed E-state index contributed by atoms with van der Waals surface area (Å²) >= 11 is 6.00. The fraction of sp³-hybridized carbons (Fsp3) is 0.375. The Labute approximate surface area is 134 Å². The normalized spacial score (nSPS) is 13.0. The minimum absolute atomic E-state index is 0.0419. The highest BCUT2D eigenvalue weighted by Crippen LogP contribution is 2.23. The van der Waals surface area contributed by atoms with Crippen molar-refractivity contribution in [2.45, 2.75) is 32.3 Å². The maximum absolute atomic E-state index is 12.0. The molecule has 0 saturated heterocycles. The minimum atomic E-state index is -0.883. The van der Waals surface area contributed by atoms with Gasteiger partial charge in [0.25, 0.3) is 5.91 Å². The zero-order valence-corrected chi connectivity index (χ0v) is 13.5. The molecule has 0 unspecified atom stereocenters. The number of nitrogens with zero attached hydrogens (tertiary/aromatic N) is 1. The van der Waals surface area contributed by atoms with Crippen LogP contribution in [0.3, 0.4) is 0 Å². The molecule has 0 spiro atoms. The van der Waals surface area contributed by atoms with Gasteiger partial charge < -0.3 is 14.9 Å². The molecule has 0 bridgehead atoms. The summed E-state index contributed by atoms with van der Waals surface area (Å²) in [6.45, 7) is 5.95. The predicted octanol–water partition coefficient (Wildman–Crippen LogP) is 3.09. The van der Waals surface area contributed by atoms with E-state index in [4.69, 9.17) is 16.1 Å². The molecule has 1 aromatic carbocycles. The number of aliphatic hydroxyl groups is 1. The SMILES string of the molecule is CC(C)(C)c1cc(C(=O)NC[C@H](O)c2ccccc2Cl)no1. The molecule has 2 N–H and O–H groups in total. The quantitative estimate of drug-likeness (QED) is 0.907. The molecule has 0 fully saturated rings. The number of halogens is 1. The van der Waals surface area contributed by atoms with Crippen LogP contribution < -0.4 is 5.32 Å². The number of aromatic nitrogens is 1.